The monoisotopic (exact) mass is 398 g/mol. The highest BCUT2D eigenvalue weighted by Crippen LogP contribution is 2.22. The maximum atomic E-state index is 13.3. The number of hydrogen-bond acceptors (Lipinski definition) is 4. The first kappa shape index (κ1) is 20.5. The quantitative estimate of drug-likeness (QED) is 0.783. The van der Waals surface area contributed by atoms with Crippen LogP contribution in [0.3, 0.4) is 0 Å². The van der Waals surface area contributed by atoms with Crippen molar-refractivity contribution in [3.8, 4) is 0 Å². The number of esters is 1. The molecule has 152 valence electrons. The van der Waals surface area contributed by atoms with Crippen molar-refractivity contribution in [2.75, 3.05) is 25.0 Å². The predicted octanol–water partition coefficient (Wildman–Crippen LogP) is 3.49. The van der Waals surface area contributed by atoms with E-state index in [9.17, 15) is 18.8 Å². The van der Waals surface area contributed by atoms with Gasteiger partial charge in [0.15, 0.2) is 0 Å². The summed E-state index contributed by atoms with van der Waals surface area (Å²) in [5.74, 6) is -1.50. The molecule has 1 fully saturated rings. The molecule has 3 rings (SSSR count). The van der Waals surface area contributed by atoms with Crippen molar-refractivity contribution in [2.45, 2.75) is 19.8 Å². The van der Waals surface area contributed by atoms with E-state index < -0.39 is 11.8 Å². The highest BCUT2D eigenvalue weighted by Gasteiger charge is 2.28. The number of likely N-dealkylation sites (tertiary alicyclic amines) is 1. The number of benzene rings is 2. The fraction of sp³-hybridized carbons (Fsp3) is 0.318. The third-order valence-electron chi connectivity index (χ3n) is 4.87. The van der Waals surface area contributed by atoms with Crippen molar-refractivity contribution >= 4 is 23.5 Å². The van der Waals surface area contributed by atoms with Crippen LogP contribution in [0.1, 0.15) is 40.5 Å². The van der Waals surface area contributed by atoms with E-state index >= 15 is 0 Å². The van der Waals surface area contributed by atoms with Crippen LogP contribution >= 0.6 is 0 Å². The second kappa shape index (κ2) is 9.32. The Bertz CT molecular complexity index is 907. The van der Waals surface area contributed by atoms with Crippen molar-refractivity contribution in [1.29, 1.82) is 0 Å². The van der Waals surface area contributed by atoms with Gasteiger partial charge in [-0.25, -0.2) is 9.18 Å². The van der Waals surface area contributed by atoms with E-state index in [0.717, 1.165) is 0 Å². The van der Waals surface area contributed by atoms with E-state index in [1.165, 1.54) is 18.2 Å². The summed E-state index contributed by atoms with van der Waals surface area (Å²) in [6.45, 7) is 2.86. The molecule has 1 heterocycles. The average molecular weight is 398 g/mol. The Morgan fingerprint density at radius 3 is 2.45 bits per heavy atom. The molecule has 0 bridgehead atoms. The summed E-state index contributed by atoms with van der Waals surface area (Å²) in [5, 5.41) is 2.83. The number of halogens is 1. The smallest absolute Gasteiger partial charge is 0.338 e. The third-order valence-corrected chi connectivity index (χ3v) is 4.87. The Balaban J connectivity index is 1.56. The number of hydrogen-bond donors (Lipinski definition) is 1. The Morgan fingerprint density at radius 1 is 1.07 bits per heavy atom. The van der Waals surface area contributed by atoms with Crippen LogP contribution in [-0.4, -0.2) is 42.4 Å². The van der Waals surface area contributed by atoms with Crippen molar-refractivity contribution < 1.29 is 23.5 Å². The van der Waals surface area contributed by atoms with Crippen molar-refractivity contribution in [3.63, 3.8) is 0 Å². The van der Waals surface area contributed by atoms with Gasteiger partial charge in [0.1, 0.15) is 5.82 Å². The topological polar surface area (TPSA) is 75.7 Å². The number of ether oxygens (including phenoxy) is 1. The minimum absolute atomic E-state index is 0.149. The standard InChI is InChI=1S/C22H23FN2O4/c1-2-29-22(28)17-6-4-8-19(14-17)24-20(26)15-9-11-25(12-10-15)21(27)16-5-3-7-18(23)13-16/h3-8,13-15H,2,9-12H2,1H3,(H,24,26). The fourth-order valence-electron chi connectivity index (χ4n) is 3.33. The molecule has 1 aliphatic heterocycles. The van der Waals surface area contributed by atoms with E-state index in [1.807, 2.05) is 0 Å². The van der Waals surface area contributed by atoms with E-state index in [2.05, 4.69) is 5.32 Å². The molecule has 0 radical (unpaired) electrons. The molecule has 2 aromatic rings. The molecule has 2 aromatic carbocycles. The third kappa shape index (κ3) is 5.19. The number of rotatable bonds is 5. The molecule has 0 aromatic heterocycles. The average Bonchev–Trinajstić information content (AvgIpc) is 2.73. The summed E-state index contributed by atoms with van der Waals surface area (Å²) in [5.41, 5.74) is 1.21. The molecular weight excluding hydrogens is 375 g/mol. The van der Waals surface area contributed by atoms with Gasteiger partial charge in [0.05, 0.1) is 12.2 Å². The van der Waals surface area contributed by atoms with Gasteiger partial charge >= 0.3 is 5.97 Å². The number of nitrogens with zero attached hydrogens (tertiary/aromatic N) is 1. The van der Waals surface area contributed by atoms with Crippen LogP contribution in [0.15, 0.2) is 48.5 Å². The molecule has 0 atom stereocenters. The lowest BCUT2D eigenvalue weighted by molar-refractivity contribution is -0.121. The van der Waals surface area contributed by atoms with E-state index in [0.29, 0.717) is 42.7 Å². The summed E-state index contributed by atoms with van der Waals surface area (Å²) < 4.78 is 18.3. The highest BCUT2D eigenvalue weighted by atomic mass is 19.1. The van der Waals surface area contributed by atoms with Crippen LogP contribution < -0.4 is 5.32 Å². The molecule has 1 saturated heterocycles. The Hall–Kier alpha value is -3.22. The zero-order valence-electron chi connectivity index (χ0n) is 16.2. The normalized spacial score (nSPS) is 14.3. The molecule has 0 unspecified atom stereocenters. The van der Waals surface area contributed by atoms with E-state index in [-0.39, 0.29) is 24.3 Å². The number of amides is 2. The van der Waals surface area contributed by atoms with Crippen molar-refractivity contribution in [3.05, 3.63) is 65.5 Å². The molecule has 2 amide bonds. The van der Waals surface area contributed by atoms with Gasteiger partial charge in [-0.2, -0.15) is 0 Å². The van der Waals surface area contributed by atoms with E-state index in [1.54, 1.807) is 42.2 Å². The van der Waals surface area contributed by atoms with Crippen LogP contribution in [0.5, 0.6) is 0 Å². The molecule has 0 aliphatic carbocycles. The minimum atomic E-state index is -0.449. The number of piperidine rings is 1. The molecular formula is C22H23FN2O4. The lowest BCUT2D eigenvalue weighted by atomic mass is 9.95. The van der Waals surface area contributed by atoms with Crippen LogP contribution in [0.4, 0.5) is 10.1 Å². The number of carbonyl (C=O) groups excluding carboxylic acids is 3. The fourth-order valence-corrected chi connectivity index (χ4v) is 3.33. The van der Waals surface area contributed by atoms with Gasteiger partial charge in [0.2, 0.25) is 5.91 Å². The van der Waals surface area contributed by atoms with Gasteiger partial charge in [0, 0.05) is 30.3 Å². The Morgan fingerprint density at radius 2 is 1.76 bits per heavy atom. The second-order valence-electron chi connectivity index (χ2n) is 6.87. The Labute approximate surface area is 168 Å². The van der Waals surface area contributed by atoms with E-state index in [4.69, 9.17) is 4.74 Å². The molecule has 29 heavy (non-hydrogen) atoms. The summed E-state index contributed by atoms with van der Waals surface area (Å²) in [6.07, 6.45) is 1.04. The number of nitrogens with one attached hydrogen (secondary N) is 1. The predicted molar refractivity (Wildman–Crippen MR) is 106 cm³/mol. The first-order valence-electron chi connectivity index (χ1n) is 9.61. The summed E-state index contributed by atoms with van der Waals surface area (Å²) in [7, 11) is 0. The van der Waals surface area contributed by atoms with Gasteiger partial charge in [0.25, 0.3) is 5.91 Å². The Kier molecular flexibility index (Phi) is 6.59. The SMILES string of the molecule is CCOC(=O)c1cccc(NC(=O)C2CCN(C(=O)c3cccc(F)c3)CC2)c1. The van der Waals surface area contributed by atoms with Crippen molar-refractivity contribution in [2.24, 2.45) is 5.92 Å². The largest absolute Gasteiger partial charge is 0.462 e. The van der Waals surface area contributed by atoms with Gasteiger partial charge in [-0.1, -0.05) is 12.1 Å². The number of carbonyl (C=O) groups is 3. The molecule has 6 nitrogen and oxygen atoms in total. The second-order valence-corrected chi connectivity index (χ2v) is 6.87. The minimum Gasteiger partial charge on any atom is -0.462 e. The molecule has 1 N–H and O–H groups in total. The molecule has 7 heteroatoms. The highest BCUT2D eigenvalue weighted by molar-refractivity contribution is 5.96. The van der Waals surface area contributed by atoms with Crippen LogP contribution in [0.2, 0.25) is 0 Å². The maximum absolute atomic E-state index is 13.3. The molecule has 0 spiro atoms. The first-order valence-corrected chi connectivity index (χ1v) is 9.61. The zero-order chi connectivity index (χ0) is 20.8. The summed E-state index contributed by atoms with van der Waals surface area (Å²) in [6, 6.07) is 12.2. The summed E-state index contributed by atoms with van der Waals surface area (Å²) >= 11 is 0. The van der Waals surface area contributed by atoms with Gasteiger partial charge in [-0.15, -0.1) is 0 Å². The van der Waals surface area contributed by atoms with Gasteiger partial charge in [-0.3, -0.25) is 9.59 Å². The first-order chi connectivity index (χ1) is 14.0. The lowest BCUT2D eigenvalue weighted by Gasteiger charge is -2.31. The molecule has 0 saturated carbocycles. The van der Waals surface area contributed by atoms with Crippen molar-refractivity contribution in [1.82, 2.24) is 4.90 Å². The van der Waals surface area contributed by atoms with Gasteiger partial charge in [-0.05, 0) is 56.2 Å². The summed E-state index contributed by atoms with van der Waals surface area (Å²) in [4.78, 5) is 38.5. The van der Waals surface area contributed by atoms with Crippen LogP contribution in [-0.2, 0) is 9.53 Å². The van der Waals surface area contributed by atoms with Crippen LogP contribution in [0, 0.1) is 11.7 Å². The lowest BCUT2D eigenvalue weighted by Crippen LogP contribution is -2.41. The molecule has 1 aliphatic rings. The van der Waals surface area contributed by atoms with Crippen LogP contribution in [0.25, 0.3) is 0 Å². The zero-order valence-corrected chi connectivity index (χ0v) is 16.2. The van der Waals surface area contributed by atoms with Gasteiger partial charge < -0.3 is 15.0 Å². The number of anilines is 1. The maximum Gasteiger partial charge on any atom is 0.338 e.